The second-order valence-electron chi connectivity index (χ2n) is 3.02. The van der Waals surface area contributed by atoms with E-state index < -0.39 is 5.60 Å². The second-order valence-corrected chi connectivity index (χ2v) is 3.02. The molecule has 3 nitrogen and oxygen atoms in total. The van der Waals surface area contributed by atoms with E-state index in [1.165, 1.54) is 0 Å². The molecule has 1 aliphatic heterocycles. The summed E-state index contributed by atoms with van der Waals surface area (Å²) in [5.41, 5.74) is -0.590. The van der Waals surface area contributed by atoms with Crippen molar-refractivity contribution >= 4 is 0 Å². The first-order valence-corrected chi connectivity index (χ1v) is 3.64. The molecule has 10 heavy (non-hydrogen) atoms. The van der Waals surface area contributed by atoms with Gasteiger partial charge in [0, 0.05) is 13.0 Å². The van der Waals surface area contributed by atoms with Crippen molar-refractivity contribution in [1.29, 1.82) is 0 Å². The van der Waals surface area contributed by atoms with Crippen molar-refractivity contribution < 1.29 is 9.84 Å². The van der Waals surface area contributed by atoms with Crippen LogP contribution in [0.5, 0.6) is 0 Å². The summed E-state index contributed by atoms with van der Waals surface area (Å²) in [5, 5.41) is 12.7. The van der Waals surface area contributed by atoms with Crippen LogP contribution in [-0.2, 0) is 4.74 Å². The molecule has 1 aliphatic rings. The van der Waals surface area contributed by atoms with E-state index in [1.54, 1.807) is 0 Å². The van der Waals surface area contributed by atoms with Crippen molar-refractivity contribution in [2.24, 2.45) is 0 Å². The van der Waals surface area contributed by atoms with E-state index in [1.807, 2.05) is 14.0 Å². The van der Waals surface area contributed by atoms with E-state index in [9.17, 15) is 5.11 Å². The Morgan fingerprint density at radius 2 is 2.40 bits per heavy atom. The van der Waals surface area contributed by atoms with Gasteiger partial charge < -0.3 is 15.2 Å². The first kappa shape index (κ1) is 7.98. The topological polar surface area (TPSA) is 41.5 Å². The Morgan fingerprint density at radius 1 is 1.70 bits per heavy atom. The van der Waals surface area contributed by atoms with Gasteiger partial charge in [-0.15, -0.1) is 0 Å². The third kappa shape index (κ3) is 1.48. The maximum atomic E-state index is 9.69. The number of nitrogens with one attached hydrogen (secondary N) is 1. The summed E-state index contributed by atoms with van der Waals surface area (Å²) in [5.74, 6) is 0. The maximum Gasteiger partial charge on any atom is 0.0816 e. The molecule has 0 amide bonds. The molecule has 0 radical (unpaired) electrons. The fourth-order valence-electron chi connectivity index (χ4n) is 1.23. The average molecular weight is 145 g/mol. The number of hydrogen-bond acceptors (Lipinski definition) is 3. The van der Waals surface area contributed by atoms with Crippen LogP contribution in [0.25, 0.3) is 0 Å². The summed E-state index contributed by atoms with van der Waals surface area (Å²) in [4.78, 5) is 0. The monoisotopic (exact) mass is 145 g/mol. The maximum absolute atomic E-state index is 9.69. The Balaban J connectivity index is 2.51. The van der Waals surface area contributed by atoms with Crippen LogP contribution in [0.4, 0.5) is 0 Å². The van der Waals surface area contributed by atoms with Crippen LogP contribution in [-0.4, -0.2) is 37.0 Å². The standard InChI is InChI=1S/C7H15NO2/c1-7(9)3-4-10-5-6(7)8-2/h6,8-9H,3-5H2,1-2H3/t6-,7+/m1/s1. The van der Waals surface area contributed by atoms with Gasteiger partial charge in [0.05, 0.1) is 18.2 Å². The minimum absolute atomic E-state index is 0.0845. The highest BCUT2D eigenvalue weighted by Gasteiger charge is 2.33. The zero-order valence-electron chi connectivity index (χ0n) is 6.55. The number of aliphatic hydroxyl groups is 1. The van der Waals surface area contributed by atoms with E-state index in [-0.39, 0.29) is 6.04 Å². The molecule has 0 aromatic rings. The molecule has 1 saturated heterocycles. The fourth-order valence-corrected chi connectivity index (χ4v) is 1.23. The normalized spacial score (nSPS) is 41.7. The van der Waals surface area contributed by atoms with Gasteiger partial charge in [-0.3, -0.25) is 0 Å². The summed E-state index contributed by atoms with van der Waals surface area (Å²) < 4.78 is 5.19. The first-order valence-electron chi connectivity index (χ1n) is 3.64. The van der Waals surface area contributed by atoms with Gasteiger partial charge in [-0.1, -0.05) is 0 Å². The minimum Gasteiger partial charge on any atom is -0.388 e. The van der Waals surface area contributed by atoms with Gasteiger partial charge in [0.2, 0.25) is 0 Å². The van der Waals surface area contributed by atoms with E-state index in [0.717, 1.165) is 6.42 Å². The Kier molecular flexibility index (Phi) is 2.28. The highest BCUT2D eigenvalue weighted by molar-refractivity contribution is 4.89. The van der Waals surface area contributed by atoms with E-state index >= 15 is 0 Å². The lowest BCUT2D eigenvalue weighted by molar-refractivity contribution is -0.0771. The van der Waals surface area contributed by atoms with Crippen LogP contribution in [0.2, 0.25) is 0 Å². The van der Waals surface area contributed by atoms with Gasteiger partial charge in [0.1, 0.15) is 0 Å². The number of hydrogen-bond donors (Lipinski definition) is 2. The van der Waals surface area contributed by atoms with Gasteiger partial charge in [-0.05, 0) is 14.0 Å². The van der Waals surface area contributed by atoms with Crippen molar-refractivity contribution in [2.75, 3.05) is 20.3 Å². The van der Waals surface area contributed by atoms with Gasteiger partial charge in [-0.25, -0.2) is 0 Å². The van der Waals surface area contributed by atoms with Crippen molar-refractivity contribution in [1.82, 2.24) is 5.32 Å². The number of rotatable bonds is 1. The predicted molar refractivity (Wildman–Crippen MR) is 38.9 cm³/mol. The lowest BCUT2D eigenvalue weighted by Crippen LogP contribution is -2.53. The quantitative estimate of drug-likeness (QED) is 0.534. The highest BCUT2D eigenvalue weighted by atomic mass is 16.5. The average Bonchev–Trinajstić information content (AvgIpc) is 1.87. The Labute approximate surface area is 61.4 Å². The molecule has 1 heterocycles. The van der Waals surface area contributed by atoms with Gasteiger partial charge in [0.15, 0.2) is 0 Å². The molecule has 60 valence electrons. The lowest BCUT2D eigenvalue weighted by atomic mass is 9.92. The SMILES string of the molecule is CN[C@@H]1COCC[C@]1(C)O. The first-order chi connectivity index (χ1) is 4.67. The summed E-state index contributed by atoms with van der Waals surface area (Å²) in [6.45, 7) is 3.13. The molecule has 0 bridgehead atoms. The van der Waals surface area contributed by atoms with E-state index in [0.29, 0.717) is 13.2 Å². The summed E-state index contributed by atoms with van der Waals surface area (Å²) in [6, 6.07) is 0.0845. The third-order valence-electron chi connectivity index (χ3n) is 2.14. The highest BCUT2D eigenvalue weighted by Crippen LogP contribution is 2.19. The molecule has 0 spiro atoms. The third-order valence-corrected chi connectivity index (χ3v) is 2.14. The van der Waals surface area contributed by atoms with Crippen LogP contribution >= 0.6 is 0 Å². The number of likely N-dealkylation sites (N-methyl/N-ethyl adjacent to an activating group) is 1. The number of ether oxygens (including phenoxy) is 1. The van der Waals surface area contributed by atoms with Crippen molar-refractivity contribution in [3.05, 3.63) is 0 Å². The molecule has 0 saturated carbocycles. The molecule has 2 N–H and O–H groups in total. The largest absolute Gasteiger partial charge is 0.388 e. The predicted octanol–water partition coefficient (Wildman–Crippen LogP) is -0.254. The summed E-state index contributed by atoms with van der Waals surface area (Å²) in [6.07, 6.45) is 0.721. The van der Waals surface area contributed by atoms with Crippen molar-refractivity contribution in [3.63, 3.8) is 0 Å². The molecule has 0 aliphatic carbocycles. The van der Waals surface area contributed by atoms with E-state index in [2.05, 4.69) is 5.32 Å². The fraction of sp³-hybridized carbons (Fsp3) is 1.00. The lowest BCUT2D eigenvalue weighted by Gasteiger charge is -2.36. The van der Waals surface area contributed by atoms with E-state index in [4.69, 9.17) is 4.74 Å². The Hall–Kier alpha value is -0.120. The van der Waals surface area contributed by atoms with Crippen molar-refractivity contribution in [2.45, 2.75) is 25.0 Å². The van der Waals surface area contributed by atoms with Crippen LogP contribution in [0.15, 0.2) is 0 Å². The second kappa shape index (κ2) is 2.86. The van der Waals surface area contributed by atoms with Crippen molar-refractivity contribution in [3.8, 4) is 0 Å². The minimum atomic E-state index is -0.590. The van der Waals surface area contributed by atoms with Gasteiger partial charge in [-0.2, -0.15) is 0 Å². The molecule has 1 rings (SSSR count). The molecule has 0 aromatic heterocycles. The Bertz CT molecular complexity index is 114. The summed E-state index contributed by atoms with van der Waals surface area (Å²) >= 11 is 0. The molecule has 1 fully saturated rings. The smallest absolute Gasteiger partial charge is 0.0816 e. The Morgan fingerprint density at radius 3 is 2.80 bits per heavy atom. The summed E-state index contributed by atoms with van der Waals surface area (Å²) in [7, 11) is 1.84. The van der Waals surface area contributed by atoms with Crippen LogP contribution in [0.3, 0.4) is 0 Å². The molecule has 0 unspecified atom stereocenters. The molecular formula is C7H15NO2. The zero-order chi connectivity index (χ0) is 7.61. The van der Waals surface area contributed by atoms with Crippen LogP contribution in [0, 0.1) is 0 Å². The van der Waals surface area contributed by atoms with Gasteiger partial charge >= 0.3 is 0 Å². The molecule has 3 heteroatoms. The molecule has 0 aromatic carbocycles. The van der Waals surface area contributed by atoms with Crippen LogP contribution in [0.1, 0.15) is 13.3 Å². The molecule has 2 atom stereocenters. The van der Waals surface area contributed by atoms with Gasteiger partial charge in [0.25, 0.3) is 0 Å². The molecular weight excluding hydrogens is 130 g/mol. The zero-order valence-corrected chi connectivity index (χ0v) is 6.55. The van der Waals surface area contributed by atoms with Crippen LogP contribution < -0.4 is 5.32 Å².